The highest BCUT2D eigenvalue weighted by Crippen LogP contribution is 2.43. The van der Waals surface area contributed by atoms with Crippen LogP contribution in [0.15, 0.2) is 41.4 Å². The predicted octanol–water partition coefficient (Wildman–Crippen LogP) is 5.30. The zero-order chi connectivity index (χ0) is 20.6. The van der Waals surface area contributed by atoms with Crippen molar-refractivity contribution in [3.05, 3.63) is 53.1 Å². The quantitative estimate of drug-likeness (QED) is 0.664. The minimum atomic E-state index is 0.191. The first kappa shape index (κ1) is 20.0. The SMILES string of the molecule is Cc1cc2c(cc1C=Nc1ccc(N3CCOCC3)cc1)C(C)CC(C)(C)N2C. The number of hydrogen-bond acceptors (Lipinski definition) is 4. The van der Waals surface area contributed by atoms with Crippen LogP contribution < -0.4 is 9.80 Å². The summed E-state index contributed by atoms with van der Waals surface area (Å²) in [6.45, 7) is 12.7. The van der Waals surface area contributed by atoms with Crippen LogP contribution in [0.2, 0.25) is 0 Å². The average Bonchev–Trinajstić information content (AvgIpc) is 2.72. The van der Waals surface area contributed by atoms with Crippen LogP contribution >= 0.6 is 0 Å². The molecular weight excluding hydrogens is 358 g/mol. The zero-order valence-electron chi connectivity index (χ0n) is 18.4. The van der Waals surface area contributed by atoms with Gasteiger partial charge in [0.1, 0.15) is 0 Å². The van der Waals surface area contributed by atoms with Crippen LogP contribution in [0.25, 0.3) is 0 Å². The van der Waals surface area contributed by atoms with Crippen LogP contribution in [-0.2, 0) is 4.74 Å². The van der Waals surface area contributed by atoms with E-state index in [9.17, 15) is 0 Å². The van der Waals surface area contributed by atoms with E-state index in [-0.39, 0.29) is 5.54 Å². The molecule has 0 aliphatic carbocycles. The van der Waals surface area contributed by atoms with Gasteiger partial charge in [0.05, 0.1) is 18.9 Å². The van der Waals surface area contributed by atoms with Crippen molar-refractivity contribution in [1.29, 1.82) is 0 Å². The minimum absolute atomic E-state index is 0.191. The number of fused-ring (bicyclic) bond motifs is 1. The van der Waals surface area contributed by atoms with Gasteiger partial charge in [-0.25, -0.2) is 0 Å². The molecule has 0 spiro atoms. The molecule has 0 N–H and O–H groups in total. The van der Waals surface area contributed by atoms with Crippen LogP contribution in [0.4, 0.5) is 17.1 Å². The molecule has 2 aromatic carbocycles. The lowest BCUT2D eigenvalue weighted by atomic mass is 9.79. The van der Waals surface area contributed by atoms with Crippen molar-refractivity contribution in [1.82, 2.24) is 0 Å². The summed E-state index contributed by atoms with van der Waals surface area (Å²) < 4.78 is 5.44. The van der Waals surface area contributed by atoms with E-state index in [0.29, 0.717) is 5.92 Å². The first-order chi connectivity index (χ1) is 13.8. The number of benzene rings is 2. The molecule has 2 aliphatic heterocycles. The highest BCUT2D eigenvalue weighted by atomic mass is 16.5. The lowest BCUT2D eigenvalue weighted by molar-refractivity contribution is 0.122. The monoisotopic (exact) mass is 391 g/mol. The van der Waals surface area contributed by atoms with Gasteiger partial charge >= 0.3 is 0 Å². The van der Waals surface area contributed by atoms with E-state index in [2.05, 4.69) is 80.9 Å². The lowest BCUT2D eigenvalue weighted by Gasteiger charge is -2.45. The van der Waals surface area contributed by atoms with Crippen LogP contribution in [0.3, 0.4) is 0 Å². The van der Waals surface area contributed by atoms with E-state index in [1.807, 2.05) is 6.21 Å². The summed E-state index contributed by atoms with van der Waals surface area (Å²) in [7, 11) is 2.22. The predicted molar refractivity (Wildman–Crippen MR) is 123 cm³/mol. The fourth-order valence-corrected chi connectivity index (χ4v) is 4.59. The fraction of sp³-hybridized carbons (Fsp3) is 0.480. The van der Waals surface area contributed by atoms with Crippen molar-refractivity contribution in [2.75, 3.05) is 43.2 Å². The van der Waals surface area contributed by atoms with E-state index >= 15 is 0 Å². The molecule has 0 aromatic heterocycles. The molecule has 154 valence electrons. The van der Waals surface area contributed by atoms with Gasteiger partial charge < -0.3 is 14.5 Å². The molecule has 0 amide bonds. The van der Waals surface area contributed by atoms with Crippen LogP contribution in [0.5, 0.6) is 0 Å². The Morgan fingerprint density at radius 2 is 1.79 bits per heavy atom. The van der Waals surface area contributed by atoms with Gasteiger partial charge in [0.2, 0.25) is 0 Å². The molecular formula is C25H33N3O. The van der Waals surface area contributed by atoms with Gasteiger partial charge in [-0.3, -0.25) is 4.99 Å². The van der Waals surface area contributed by atoms with Gasteiger partial charge in [-0.15, -0.1) is 0 Å². The highest BCUT2D eigenvalue weighted by molar-refractivity contribution is 5.86. The van der Waals surface area contributed by atoms with Crippen molar-refractivity contribution in [3.63, 3.8) is 0 Å². The number of aryl methyl sites for hydroxylation is 1. The number of ether oxygens (including phenoxy) is 1. The molecule has 4 rings (SSSR count). The van der Waals surface area contributed by atoms with E-state index in [4.69, 9.17) is 9.73 Å². The summed E-state index contributed by atoms with van der Waals surface area (Å²) in [5.74, 6) is 0.553. The first-order valence-electron chi connectivity index (χ1n) is 10.7. The van der Waals surface area contributed by atoms with Gasteiger partial charge in [-0.05, 0) is 86.2 Å². The van der Waals surface area contributed by atoms with Crippen molar-refractivity contribution in [3.8, 4) is 0 Å². The molecule has 1 atom stereocenters. The Morgan fingerprint density at radius 1 is 1.10 bits per heavy atom. The van der Waals surface area contributed by atoms with E-state index in [1.165, 1.54) is 34.5 Å². The first-order valence-corrected chi connectivity index (χ1v) is 10.7. The fourth-order valence-electron chi connectivity index (χ4n) is 4.59. The zero-order valence-corrected chi connectivity index (χ0v) is 18.4. The number of rotatable bonds is 3. The normalized spacial score (nSPS) is 21.5. The summed E-state index contributed by atoms with van der Waals surface area (Å²) in [4.78, 5) is 9.56. The smallest absolute Gasteiger partial charge is 0.0642 e. The maximum absolute atomic E-state index is 5.44. The summed E-state index contributed by atoms with van der Waals surface area (Å²) in [5.41, 5.74) is 7.70. The van der Waals surface area contributed by atoms with Gasteiger partial charge in [-0.2, -0.15) is 0 Å². The molecule has 2 heterocycles. The lowest BCUT2D eigenvalue weighted by Crippen LogP contribution is -2.45. The molecule has 4 nitrogen and oxygen atoms in total. The number of aliphatic imine (C=N–C) groups is 1. The van der Waals surface area contributed by atoms with Crippen molar-refractivity contribution < 1.29 is 4.74 Å². The molecule has 29 heavy (non-hydrogen) atoms. The third kappa shape index (κ3) is 4.04. The number of nitrogens with zero attached hydrogens (tertiary/aromatic N) is 3. The maximum atomic E-state index is 5.44. The summed E-state index contributed by atoms with van der Waals surface area (Å²) in [5, 5.41) is 0. The number of hydrogen-bond donors (Lipinski definition) is 0. The highest BCUT2D eigenvalue weighted by Gasteiger charge is 2.34. The van der Waals surface area contributed by atoms with Crippen LogP contribution in [-0.4, -0.2) is 45.1 Å². The molecule has 2 aliphatic rings. The Morgan fingerprint density at radius 3 is 2.48 bits per heavy atom. The molecule has 0 saturated carbocycles. The van der Waals surface area contributed by atoms with E-state index in [1.54, 1.807) is 0 Å². The average molecular weight is 392 g/mol. The second kappa shape index (κ2) is 7.83. The third-order valence-electron chi connectivity index (χ3n) is 6.60. The van der Waals surface area contributed by atoms with Gasteiger partial charge in [-0.1, -0.05) is 6.92 Å². The molecule has 2 aromatic rings. The summed E-state index contributed by atoms with van der Waals surface area (Å²) >= 11 is 0. The number of morpholine rings is 1. The second-order valence-electron chi connectivity index (χ2n) is 9.12. The Kier molecular flexibility index (Phi) is 5.39. The topological polar surface area (TPSA) is 28.1 Å². The molecule has 1 unspecified atom stereocenters. The molecule has 0 bridgehead atoms. The van der Waals surface area contributed by atoms with Crippen molar-refractivity contribution in [2.24, 2.45) is 4.99 Å². The Balaban J connectivity index is 1.55. The summed E-state index contributed by atoms with van der Waals surface area (Å²) in [6, 6.07) is 13.2. The Labute approximate surface area is 175 Å². The Hall–Kier alpha value is -2.33. The van der Waals surface area contributed by atoms with E-state index in [0.717, 1.165) is 32.0 Å². The molecule has 1 fully saturated rings. The standard InChI is InChI=1S/C25H33N3O/c1-18-14-24-23(19(2)16-25(3,4)27(24)5)15-20(18)17-26-21-6-8-22(9-7-21)28-10-12-29-13-11-28/h6-9,14-15,17,19H,10-13,16H2,1-5H3. The Bertz CT molecular complexity index is 895. The van der Waals surface area contributed by atoms with E-state index < -0.39 is 0 Å². The van der Waals surface area contributed by atoms with Crippen LogP contribution in [0.1, 0.15) is 49.8 Å². The largest absolute Gasteiger partial charge is 0.378 e. The minimum Gasteiger partial charge on any atom is -0.378 e. The van der Waals surface area contributed by atoms with Gasteiger partial charge in [0, 0.05) is 43.3 Å². The maximum Gasteiger partial charge on any atom is 0.0642 e. The van der Waals surface area contributed by atoms with Gasteiger partial charge in [0.15, 0.2) is 0 Å². The molecule has 4 heteroatoms. The summed E-state index contributed by atoms with van der Waals surface area (Å²) in [6.07, 6.45) is 3.19. The van der Waals surface area contributed by atoms with Crippen molar-refractivity contribution >= 4 is 23.3 Å². The molecule has 0 radical (unpaired) electrons. The molecule has 1 saturated heterocycles. The van der Waals surface area contributed by atoms with Crippen LogP contribution in [0, 0.1) is 6.92 Å². The second-order valence-corrected chi connectivity index (χ2v) is 9.12. The third-order valence-corrected chi connectivity index (χ3v) is 6.60. The van der Waals surface area contributed by atoms with Gasteiger partial charge in [0.25, 0.3) is 0 Å². The number of anilines is 2. The van der Waals surface area contributed by atoms with Crippen molar-refractivity contribution in [2.45, 2.75) is 45.6 Å².